The number of carbonyl (C=O) groups excluding carboxylic acids is 3. The highest BCUT2D eigenvalue weighted by Gasteiger charge is 2.22. The van der Waals surface area contributed by atoms with Crippen molar-refractivity contribution in [3.63, 3.8) is 0 Å². The van der Waals surface area contributed by atoms with E-state index in [0.717, 1.165) is 5.56 Å². The Bertz CT molecular complexity index is 1530. The Hall–Kier alpha value is -4.43. The van der Waals surface area contributed by atoms with Crippen molar-refractivity contribution in [3.8, 4) is 11.1 Å². The van der Waals surface area contributed by atoms with Crippen molar-refractivity contribution in [2.45, 2.75) is 6.54 Å². The predicted molar refractivity (Wildman–Crippen MR) is 137 cm³/mol. The number of nitrogens with one attached hydrogen (secondary N) is 3. The van der Waals surface area contributed by atoms with E-state index in [2.05, 4.69) is 15.6 Å². The minimum Gasteiger partial charge on any atom is -0.464 e. The van der Waals surface area contributed by atoms with Crippen molar-refractivity contribution in [2.75, 3.05) is 14.2 Å². The molecule has 0 unspecified atom stereocenters. The molecule has 0 aliphatic rings. The molecule has 0 aliphatic carbocycles. The van der Waals surface area contributed by atoms with Crippen LogP contribution in [0.25, 0.3) is 22.0 Å². The fourth-order valence-electron chi connectivity index (χ4n) is 3.89. The molecule has 0 saturated heterocycles. The van der Waals surface area contributed by atoms with Crippen molar-refractivity contribution in [1.82, 2.24) is 15.6 Å². The second-order valence-corrected chi connectivity index (χ2v) is 8.26. The number of pyridine rings is 1. The van der Waals surface area contributed by atoms with Gasteiger partial charge < -0.3 is 20.4 Å². The summed E-state index contributed by atoms with van der Waals surface area (Å²) in [5, 5.41) is 5.89. The maximum absolute atomic E-state index is 13.5. The topological polar surface area (TPSA) is 117 Å². The first-order chi connectivity index (χ1) is 17.3. The molecule has 2 amide bonds. The van der Waals surface area contributed by atoms with Gasteiger partial charge in [-0.15, -0.1) is 0 Å². The van der Waals surface area contributed by atoms with Crippen LogP contribution < -0.4 is 16.1 Å². The highest BCUT2D eigenvalue weighted by atomic mass is 35.5. The minimum atomic E-state index is -0.757. The van der Waals surface area contributed by atoms with Crippen molar-refractivity contribution in [1.29, 1.82) is 0 Å². The summed E-state index contributed by atoms with van der Waals surface area (Å²) >= 11 is 6.49. The van der Waals surface area contributed by atoms with E-state index < -0.39 is 17.3 Å². The Morgan fingerprint density at radius 2 is 1.56 bits per heavy atom. The molecule has 3 N–H and O–H groups in total. The van der Waals surface area contributed by atoms with E-state index in [0.29, 0.717) is 27.1 Å². The number of aromatic amines is 1. The lowest BCUT2D eigenvalue weighted by molar-refractivity contribution is 0.0592. The molecule has 182 valence electrons. The van der Waals surface area contributed by atoms with Gasteiger partial charge in [0, 0.05) is 35.7 Å². The van der Waals surface area contributed by atoms with Gasteiger partial charge in [0.15, 0.2) is 5.43 Å². The lowest BCUT2D eigenvalue weighted by Gasteiger charge is -2.14. The van der Waals surface area contributed by atoms with E-state index >= 15 is 0 Å². The third-order valence-corrected chi connectivity index (χ3v) is 6.05. The fourth-order valence-corrected chi connectivity index (χ4v) is 4.16. The van der Waals surface area contributed by atoms with Crippen molar-refractivity contribution < 1.29 is 19.1 Å². The molecule has 0 radical (unpaired) electrons. The molecule has 0 bridgehead atoms. The Balaban J connectivity index is 1.74. The fraction of sp³-hybridized carbons (Fsp3) is 0.111. The largest absolute Gasteiger partial charge is 0.464 e. The van der Waals surface area contributed by atoms with Gasteiger partial charge in [-0.3, -0.25) is 14.4 Å². The molecule has 4 aromatic rings. The molecule has 0 aliphatic heterocycles. The second-order valence-electron chi connectivity index (χ2n) is 7.85. The molecule has 0 saturated carbocycles. The number of hydrogen-bond acceptors (Lipinski definition) is 5. The van der Waals surface area contributed by atoms with Gasteiger partial charge in [-0.05, 0) is 42.0 Å². The van der Waals surface area contributed by atoms with Crippen LogP contribution in [-0.4, -0.2) is 36.9 Å². The minimum absolute atomic E-state index is 0.0472. The number of rotatable bonds is 6. The number of amides is 2. The number of halogens is 1. The average Bonchev–Trinajstić information content (AvgIpc) is 2.91. The summed E-state index contributed by atoms with van der Waals surface area (Å²) in [5.74, 6) is -1.51. The number of ether oxygens (including phenoxy) is 1. The second kappa shape index (κ2) is 10.5. The summed E-state index contributed by atoms with van der Waals surface area (Å²) in [4.78, 5) is 53.6. The van der Waals surface area contributed by atoms with Crippen molar-refractivity contribution in [3.05, 3.63) is 104 Å². The van der Waals surface area contributed by atoms with Crippen LogP contribution in [0.5, 0.6) is 0 Å². The summed E-state index contributed by atoms with van der Waals surface area (Å²) in [5.41, 5.74) is 1.95. The summed E-state index contributed by atoms with van der Waals surface area (Å²) in [6.45, 7) is -0.227. The maximum atomic E-state index is 13.5. The van der Waals surface area contributed by atoms with Crippen LogP contribution in [0.15, 0.2) is 71.5 Å². The summed E-state index contributed by atoms with van der Waals surface area (Å²) in [6, 6.07) is 18.5. The average molecular weight is 504 g/mol. The predicted octanol–water partition coefficient (Wildman–Crippen LogP) is 3.92. The summed E-state index contributed by atoms with van der Waals surface area (Å²) in [7, 11) is 2.72. The molecule has 3 aromatic carbocycles. The third-order valence-electron chi connectivity index (χ3n) is 5.74. The molecule has 0 atom stereocenters. The van der Waals surface area contributed by atoms with Crippen molar-refractivity contribution in [2.24, 2.45) is 0 Å². The smallest absolute Gasteiger partial charge is 0.354 e. The lowest BCUT2D eigenvalue weighted by atomic mass is 9.99. The number of carbonyl (C=O) groups is 3. The van der Waals surface area contributed by atoms with Crippen LogP contribution in [0.2, 0.25) is 5.02 Å². The van der Waals surface area contributed by atoms with E-state index in [1.165, 1.54) is 38.4 Å². The number of benzene rings is 3. The molecule has 0 spiro atoms. The highest BCUT2D eigenvalue weighted by Crippen LogP contribution is 2.33. The number of esters is 1. The lowest BCUT2D eigenvalue weighted by Crippen LogP contribution is -2.29. The van der Waals surface area contributed by atoms with E-state index in [4.69, 9.17) is 16.3 Å². The first-order valence-electron chi connectivity index (χ1n) is 11.0. The van der Waals surface area contributed by atoms with Crippen LogP contribution in [0.3, 0.4) is 0 Å². The first-order valence-corrected chi connectivity index (χ1v) is 11.3. The zero-order valence-electron chi connectivity index (χ0n) is 19.5. The number of hydrogen-bond donors (Lipinski definition) is 3. The number of aromatic nitrogens is 1. The molecule has 0 fully saturated rings. The summed E-state index contributed by atoms with van der Waals surface area (Å²) < 4.78 is 4.90. The molecule has 36 heavy (non-hydrogen) atoms. The van der Waals surface area contributed by atoms with Crippen LogP contribution >= 0.6 is 11.6 Å². The van der Waals surface area contributed by atoms with Gasteiger partial charge in [-0.1, -0.05) is 41.9 Å². The molecule has 8 nitrogen and oxygen atoms in total. The maximum Gasteiger partial charge on any atom is 0.354 e. The van der Waals surface area contributed by atoms with Gasteiger partial charge in [0.05, 0.1) is 23.2 Å². The zero-order valence-corrected chi connectivity index (χ0v) is 20.2. The summed E-state index contributed by atoms with van der Waals surface area (Å²) in [6.07, 6.45) is 0. The Kier molecular flexibility index (Phi) is 7.17. The van der Waals surface area contributed by atoms with Gasteiger partial charge in [0.25, 0.3) is 11.8 Å². The first kappa shape index (κ1) is 24.7. The normalized spacial score (nSPS) is 10.6. The Labute approximate surface area is 211 Å². The van der Waals surface area contributed by atoms with E-state index in [-0.39, 0.29) is 29.3 Å². The van der Waals surface area contributed by atoms with Crippen LogP contribution in [0.1, 0.15) is 36.8 Å². The van der Waals surface area contributed by atoms with Gasteiger partial charge in [-0.25, -0.2) is 4.79 Å². The Morgan fingerprint density at radius 1 is 0.917 bits per heavy atom. The quantitative estimate of drug-likeness (QED) is 0.345. The van der Waals surface area contributed by atoms with E-state index in [1.54, 1.807) is 12.1 Å². The van der Waals surface area contributed by atoms with Crippen LogP contribution in [-0.2, 0) is 11.3 Å². The van der Waals surface area contributed by atoms with Gasteiger partial charge in [-0.2, -0.15) is 0 Å². The van der Waals surface area contributed by atoms with E-state index in [1.807, 2.05) is 30.3 Å². The van der Waals surface area contributed by atoms with E-state index in [9.17, 15) is 19.2 Å². The molecule has 4 rings (SSSR count). The molecule has 1 aromatic heterocycles. The number of H-pyrrole nitrogens is 1. The standard InChI is InChI=1S/C27H22ClN3O5/c1-29-25(33)16-8-10-17(11-9-16)26(34)30-14-19-23(27(35)36-2)31-22-18(24(19)32)12-13-20(28)21(22)15-6-4-3-5-7-15/h3-13H,14H2,1-2H3,(H,29,33)(H,30,34)(H,31,32). The van der Waals surface area contributed by atoms with Crippen LogP contribution in [0, 0.1) is 0 Å². The number of methoxy groups -OCH3 is 1. The van der Waals surface area contributed by atoms with Crippen molar-refractivity contribution >= 4 is 40.3 Å². The van der Waals surface area contributed by atoms with Gasteiger partial charge in [0.2, 0.25) is 0 Å². The monoisotopic (exact) mass is 503 g/mol. The van der Waals surface area contributed by atoms with Crippen LogP contribution in [0.4, 0.5) is 0 Å². The molecule has 9 heteroatoms. The SMILES string of the molecule is CNC(=O)c1ccc(C(=O)NCc2c(C(=O)OC)[nH]c3c(-c4ccccc4)c(Cl)ccc3c2=O)cc1. The molecular formula is C27H22ClN3O5. The molecule has 1 heterocycles. The molecular weight excluding hydrogens is 482 g/mol. The number of fused-ring (bicyclic) bond motifs is 1. The Morgan fingerprint density at radius 3 is 2.17 bits per heavy atom. The third kappa shape index (κ3) is 4.71. The highest BCUT2D eigenvalue weighted by molar-refractivity contribution is 6.35. The zero-order chi connectivity index (χ0) is 25.8. The van der Waals surface area contributed by atoms with Gasteiger partial charge in [0.1, 0.15) is 5.69 Å². The van der Waals surface area contributed by atoms with Gasteiger partial charge >= 0.3 is 5.97 Å².